The van der Waals surface area contributed by atoms with E-state index >= 15 is 0 Å². The standard InChI is InChI=1S/C21H17N5O5/c1-29-15-5-3-2-4-14(15)26-19(27)13-10-23-20(24-18(13)25-21(26)28)22-9-12-6-7-16-17(8-12)31-11-30-16/h2-8,10H,9,11H2,1H3,(H2,22,23,24,25,28). The van der Waals surface area contributed by atoms with Gasteiger partial charge < -0.3 is 19.5 Å². The summed E-state index contributed by atoms with van der Waals surface area (Å²) in [6.45, 7) is 0.629. The van der Waals surface area contributed by atoms with Gasteiger partial charge in [-0.15, -0.1) is 0 Å². The fourth-order valence-corrected chi connectivity index (χ4v) is 3.35. The van der Waals surface area contributed by atoms with Gasteiger partial charge in [0.25, 0.3) is 5.56 Å². The number of anilines is 1. The van der Waals surface area contributed by atoms with Crippen LogP contribution in [0.25, 0.3) is 16.7 Å². The minimum atomic E-state index is -0.623. The summed E-state index contributed by atoms with van der Waals surface area (Å²) in [5, 5.41) is 3.26. The van der Waals surface area contributed by atoms with Crippen LogP contribution in [0.15, 0.2) is 58.3 Å². The Bertz CT molecular complexity index is 1410. The molecule has 10 nitrogen and oxygen atoms in total. The molecule has 2 aromatic carbocycles. The maximum absolute atomic E-state index is 13.0. The molecule has 0 fully saturated rings. The van der Waals surface area contributed by atoms with E-state index in [1.54, 1.807) is 24.3 Å². The maximum atomic E-state index is 13.0. The predicted octanol–water partition coefficient (Wildman–Crippen LogP) is 1.82. The van der Waals surface area contributed by atoms with Crippen molar-refractivity contribution in [2.45, 2.75) is 6.54 Å². The van der Waals surface area contributed by atoms with Crippen molar-refractivity contribution in [3.05, 3.63) is 75.1 Å². The number of hydrogen-bond donors (Lipinski definition) is 2. The van der Waals surface area contributed by atoms with E-state index in [1.165, 1.54) is 13.3 Å². The molecule has 0 unspecified atom stereocenters. The summed E-state index contributed by atoms with van der Waals surface area (Å²) in [7, 11) is 1.47. The summed E-state index contributed by atoms with van der Waals surface area (Å²) in [6.07, 6.45) is 1.38. The molecule has 10 heteroatoms. The highest BCUT2D eigenvalue weighted by molar-refractivity contribution is 5.73. The van der Waals surface area contributed by atoms with E-state index in [0.29, 0.717) is 29.5 Å². The molecule has 4 aromatic rings. The monoisotopic (exact) mass is 419 g/mol. The minimum absolute atomic E-state index is 0.143. The first-order valence-corrected chi connectivity index (χ1v) is 9.42. The Balaban J connectivity index is 1.47. The summed E-state index contributed by atoms with van der Waals surface area (Å²) in [5.41, 5.74) is 0.258. The lowest BCUT2D eigenvalue weighted by Gasteiger charge is -2.11. The smallest absolute Gasteiger partial charge is 0.334 e. The van der Waals surface area contributed by atoms with Gasteiger partial charge in [-0.1, -0.05) is 18.2 Å². The zero-order chi connectivity index (χ0) is 21.4. The summed E-state index contributed by atoms with van der Waals surface area (Å²) >= 11 is 0. The van der Waals surface area contributed by atoms with Crippen molar-refractivity contribution >= 4 is 17.0 Å². The molecule has 0 saturated heterocycles. The van der Waals surface area contributed by atoms with Gasteiger partial charge in [0.05, 0.1) is 12.8 Å². The van der Waals surface area contributed by atoms with Crippen molar-refractivity contribution in [2.75, 3.05) is 19.2 Å². The Morgan fingerprint density at radius 2 is 2.00 bits per heavy atom. The fourth-order valence-electron chi connectivity index (χ4n) is 3.35. The van der Waals surface area contributed by atoms with Gasteiger partial charge in [0.1, 0.15) is 11.1 Å². The number of fused-ring (bicyclic) bond motifs is 2. The molecule has 156 valence electrons. The van der Waals surface area contributed by atoms with Gasteiger partial charge in [-0.05, 0) is 29.8 Å². The topological polar surface area (TPSA) is 120 Å². The number of methoxy groups -OCH3 is 1. The molecule has 0 saturated carbocycles. The average molecular weight is 419 g/mol. The molecule has 0 spiro atoms. The van der Waals surface area contributed by atoms with Gasteiger partial charge in [-0.3, -0.25) is 9.78 Å². The molecule has 1 aliphatic rings. The first-order valence-electron chi connectivity index (χ1n) is 9.42. The van der Waals surface area contributed by atoms with E-state index in [-0.39, 0.29) is 23.8 Å². The SMILES string of the molecule is COc1ccccc1-n1c(=O)[nH]c2nc(NCc3ccc4c(c3)OCO4)ncc2c1=O. The molecule has 2 N–H and O–H groups in total. The highest BCUT2D eigenvalue weighted by Gasteiger charge is 2.15. The van der Waals surface area contributed by atoms with Crippen LogP contribution >= 0.6 is 0 Å². The van der Waals surface area contributed by atoms with Gasteiger partial charge in [0, 0.05) is 12.7 Å². The molecule has 2 aromatic heterocycles. The van der Waals surface area contributed by atoms with E-state index in [0.717, 1.165) is 10.1 Å². The number of benzene rings is 2. The summed E-state index contributed by atoms with van der Waals surface area (Å²) in [4.78, 5) is 36.8. The first-order chi connectivity index (χ1) is 15.1. The lowest BCUT2D eigenvalue weighted by Crippen LogP contribution is -2.34. The van der Waals surface area contributed by atoms with Crippen molar-refractivity contribution in [3.63, 3.8) is 0 Å². The van der Waals surface area contributed by atoms with Crippen LogP contribution in [0.4, 0.5) is 5.95 Å². The van der Waals surface area contributed by atoms with Crippen LogP contribution in [0, 0.1) is 0 Å². The number of hydrogen-bond acceptors (Lipinski definition) is 8. The molecule has 0 radical (unpaired) electrons. The first kappa shape index (κ1) is 18.7. The number of H-pyrrole nitrogens is 1. The van der Waals surface area contributed by atoms with Crippen molar-refractivity contribution in [2.24, 2.45) is 0 Å². The Hall–Kier alpha value is -4.34. The van der Waals surface area contributed by atoms with E-state index in [4.69, 9.17) is 14.2 Å². The van der Waals surface area contributed by atoms with Crippen molar-refractivity contribution in [1.82, 2.24) is 19.5 Å². The van der Waals surface area contributed by atoms with Crippen LogP contribution in [0.5, 0.6) is 17.2 Å². The van der Waals surface area contributed by atoms with E-state index in [2.05, 4.69) is 20.3 Å². The normalized spacial score (nSPS) is 12.2. The highest BCUT2D eigenvalue weighted by atomic mass is 16.7. The predicted molar refractivity (Wildman–Crippen MR) is 112 cm³/mol. The number of nitrogens with one attached hydrogen (secondary N) is 2. The van der Waals surface area contributed by atoms with Gasteiger partial charge in [-0.2, -0.15) is 4.98 Å². The Kier molecular flexibility index (Phi) is 4.51. The number of rotatable bonds is 5. The zero-order valence-electron chi connectivity index (χ0n) is 16.4. The van der Waals surface area contributed by atoms with E-state index in [9.17, 15) is 9.59 Å². The van der Waals surface area contributed by atoms with Crippen molar-refractivity contribution < 1.29 is 14.2 Å². The molecule has 0 aliphatic carbocycles. The average Bonchev–Trinajstić information content (AvgIpc) is 3.26. The second-order valence-corrected chi connectivity index (χ2v) is 6.74. The largest absolute Gasteiger partial charge is 0.495 e. The van der Waals surface area contributed by atoms with Gasteiger partial charge in [0.2, 0.25) is 12.7 Å². The number of para-hydroxylation sites is 2. The summed E-state index contributed by atoms with van der Waals surface area (Å²) in [6, 6.07) is 12.4. The Labute approximate surface area is 175 Å². The fraction of sp³-hybridized carbons (Fsp3) is 0.143. The van der Waals surface area contributed by atoms with Gasteiger partial charge >= 0.3 is 5.69 Å². The molecule has 0 atom stereocenters. The molecule has 31 heavy (non-hydrogen) atoms. The second kappa shape index (κ2) is 7.48. The van der Waals surface area contributed by atoms with Gasteiger partial charge in [-0.25, -0.2) is 14.3 Å². The molecular formula is C21H17N5O5. The lowest BCUT2D eigenvalue weighted by atomic mass is 10.2. The third-order valence-electron chi connectivity index (χ3n) is 4.86. The van der Waals surface area contributed by atoms with Crippen LogP contribution in [0.1, 0.15) is 5.56 Å². The second-order valence-electron chi connectivity index (χ2n) is 6.74. The number of aromatic amines is 1. The molecule has 3 heterocycles. The zero-order valence-corrected chi connectivity index (χ0v) is 16.4. The van der Waals surface area contributed by atoms with E-state index < -0.39 is 11.2 Å². The minimum Gasteiger partial charge on any atom is -0.495 e. The third kappa shape index (κ3) is 3.33. The van der Waals surface area contributed by atoms with Crippen LogP contribution in [0.2, 0.25) is 0 Å². The number of aromatic nitrogens is 4. The van der Waals surface area contributed by atoms with Crippen LogP contribution in [0.3, 0.4) is 0 Å². The molecular weight excluding hydrogens is 402 g/mol. The summed E-state index contributed by atoms with van der Waals surface area (Å²) in [5.74, 6) is 2.06. The van der Waals surface area contributed by atoms with Crippen LogP contribution < -0.4 is 30.8 Å². The quantitative estimate of drug-likeness (QED) is 0.503. The highest BCUT2D eigenvalue weighted by Crippen LogP contribution is 2.32. The lowest BCUT2D eigenvalue weighted by molar-refractivity contribution is 0.174. The Morgan fingerprint density at radius 1 is 1.16 bits per heavy atom. The van der Waals surface area contributed by atoms with Crippen molar-refractivity contribution in [3.8, 4) is 22.9 Å². The van der Waals surface area contributed by atoms with E-state index in [1.807, 2.05) is 18.2 Å². The maximum Gasteiger partial charge on any atom is 0.334 e. The number of nitrogens with zero attached hydrogens (tertiary/aromatic N) is 3. The summed E-state index contributed by atoms with van der Waals surface area (Å²) < 4.78 is 17.0. The molecule has 1 aliphatic heterocycles. The third-order valence-corrected chi connectivity index (χ3v) is 4.86. The van der Waals surface area contributed by atoms with Crippen molar-refractivity contribution in [1.29, 1.82) is 0 Å². The Morgan fingerprint density at radius 3 is 2.87 bits per heavy atom. The van der Waals surface area contributed by atoms with Crippen LogP contribution in [-0.4, -0.2) is 33.4 Å². The molecule has 0 bridgehead atoms. The van der Waals surface area contributed by atoms with Gasteiger partial charge in [0.15, 0.2) is 17.1 Å². The molecule has 5 rings (SSSR count). The van der Waals surface area contributed by atoms with Crippen LogP contribution in [-0.2, 0) is 6.54 Å². The molecule has 0 amide bonds. The number of ether oxygens (including phenoxy) is 3.